The molecule has 2 heterocycles. The highest BCUT2D eigenvalue weighted by atomic mass is 16.1. The molecule has 1 unspecified atom stereocenters. The van der Waals surface area contributed by atoms with Crippen molar-refractivity contribution in [1.82, 2.24) is 19.5 Å². The summed E-state index contributed by atoms with van der Waals surface area (Å²) in [6.45, 7) is 2.00. The summed E-state index contributed by atoms with van der Waals surface area (Å²) in [7, 11) is 0. The minimum atomic E-state index is -0.170. The number of hydrogen-bond acceptors (Lipinski definition) is 3. The molecule has 0 saturated heterocycles. The van der Waals surface area contributed by atoms with Crippen LogP contribution >= 0.6 is 0 Å². The monoisotopic (exact) mass is 320 g/mol. The largest absolute Gasteiger partial charge is 0.329 e. The van der Waals surface area contributed by atoms with E-state index in [0.717, 1.165) is 24.1 Å². The van der Waals surface area contributed by atoms with Crippen molar-refractivity contribution >= 4 is 16.9 Å². The van der Waals surface area contributed by atoms with E-state index in [1.165, 1.54) is 18.4 Å². The van der Waals surface area contributed by atoms with Gasteiger partial charge in [0.15, 0.2) is 11.3 Å². The molecule has 3 aromatic rings. The zero-order valence-corrected chi connectivity index (χ0v) is 13.7. The molecule has 1 atom stereocenters. The molecule has 1 aliphatic rings. The van der Waals surface area contributed by atoms with Gasteiger partial charge < -0.3 is 0 Å². The molecule has 1 aliphatic carbocycles. The van der Waals surface area contributed by atoms with E-state index in [2.05, 4.69) is 21.0 Å². The number of allylic oxidation sites excluding steroid dienone is 2. The first-order valence-corrected chi connectivity index (χ1v) is 8.45. The van der Waals surface area contributed by atoms with E-state index in [1.807, 2.05) is 37.3 Å². The number of hydrogen-bond donors (Lipinski definition) is 1. The molecule has 24 heavy (non-hydrogen) atoms. The zero-order valence-electron chi connectivity index (χ0n) is 13.7. The van der Waals surface area contributed by atoms with Crippen LogP contribution in [0.15, 0.2) is 47.4 Å². The minimum absolute atomic E-state index is 0.0958. The van der Waals surface area contributed by atoms with Gasteiger partial charge in [0.05, 0.1) is 17.9 Å². The number of H-pyrrole nitrogens is 1. The predicted octanol–water partition coefficient (Wildman–Crippen LogP) is 3.69. The molecular formula is C19H20N4O. The third-order valence-electron chi connectivity index (χ3n) is 4.71. The summed E-state index contributed by atoms with van der Waals surface area (Å²) in [5.41, 5.74) is 4.18. The first kappa shape index (κ1) is 14.9. The van der Waals surface area contributed by atoms with Crippen LogP contribution in [0.1, 0.15) is 49.9 Å². The lowest BCUT2D eigenvalue weighted by molar-refractivity contribution is 0.630. The highest BCUT2D eigenvalue weighted by molar-refractivity contribution is 5.71. The van der Waals surface area contributed by atoms with E-state index in [9.17, 15) is 4.79 Å². The Kier molecular flexibility index (Phi) is 3.76. The average Bonchev–Trinajstić information content (AvgIpc) is 2.97. The van der Waals surface area contributed by atoms with Gasteiger partial charge in [-0.1, -0.05) is 36.4 Å². The first-order chi connectivity index (χ1) is 11.7. The zero-order chi connectivity index (χ0) is 16.5. The lowest BCUT2D eigenvalue weighted by Crippen LogP contribution is -2.21. The molecule has 0 amide bonds. The van der Waals surface area contributed by atoms with E-state index in [0.29, 0.717) is 11.3 Å². The predicted molar refractivity (Wildman–Crippen MR) is 94.8 cm³/mol. The summed E-state index contributed by atoms with van der Waals surface area (Å²) < 4.78 is 1.68. The van der Waals surface area contributed by atoms with Gasteiger partial charge in [0.25, 0.3) is 0 Å². The lowest BCUT2D eigenvalue weighted by Gasteiger charge is -2.14. The van der Waals surface area contributed by atoms with E-state index in [-0.39, 0.29) is 11.7 Å². The quantitative estimate of drug-likeness (QED) is 0.800. The summed E-state index contributed by atoms with van der Waals surface area (Å²) >= 11 is 0. The minimum Gasteiger partial charge on any atom is -0.289 e. The molecular weight excluding hydrogens is 300 g/mol. The van der Waals surface area contributed by atoms with E-state index < -0.39 is 0 Å². The fourth-order valence-electron chi connectivity index (χ4n) is 3.37. The van der Waals surface area contributed by atoms with Crippen LogP contribution in [-0.2, 0) is 0 Å². The molecule has 0 aliphatic heterocycles. The Morgan fingerprint density at radius 1 is 1.21 bits per heavy atom. The highest BCUT2D eigenvalue weighted by Gasteiger charge is 2.18. The van der Waals surface area contributed by atoms with E-state index >= 15 is 0 Å². The highest BCUT2D eigenvalue weighted by Crippen LogP contribution is 2.26. The number of imidazole rings is 1. The van der Waals surface area contributed by atoms with E-state index in [1.54, 1.807) is 10.8 Å². The van der Waals surface area contributed by atoms with Crippen LogP contribution in [0.3, 0.4) is 0 Å². The maximum Gasteiger partial charge on any atom is 0.329 e. The Morgan fingerprint density at radius 2 is 2.04 bits per heavy atom. The van der Waals surface area contributed by atoms with Gasteiger partial charge in [0.2, 0.25) is 0 Å². The van der Waals surface area contributed by atoms with Gasteiger partial charge in [-0.15, -0.1) is 0 Å². The van der Waals surface area contributed by atoms with Gasteiger partial charge >= 0.3 is 5.69 Å². The number of rotatable bonds is 3. The summed E-state index contributed by atoms with van der Waals surface area (Å²) in [5.74, 6) is 0. The average molecular weight is 320 g/mol. The molecule has 0 radical (unpaired) electrons. The lowest BCUT2D eigenvalue weighted by atomic mass is 9.97. The van der Waals surface area contributed by atoms with Gasteiger partial charge in [0.1, 0.15) is 0 Å². The summed E-state index contributed by atoms with van der Waals surface area (Å²) in [6, 6.07) is 9.87. The molecule has 0 saturated carbocycles. The Hall–Kier alpha value is -2.69. The third-order valence-corrected chi connectivity index (χ3v) is 4.71. The summed E-state index contributed by atoms with van der Waals surface area (Å²) in [5, 5.41) is 0. The third kappa shape index (κ3) is 2.56. The molecule has 1 N–H and O–H groups in total. The smallest absolute Gasteiger partial charge is 0.289 e. The Morgan fingerprint density at radius 3 is 2.79 bits per heavy atom. The molecule has 0 bridgehead atoms. The second kappa shape index (κ2) is 6.07. The van der Waals surface area contributed by atoms with Crippen LogP contribution in [0, 0.1) is 0 Å². The number of fused-ring (bicyclic) bond motifs is 1. The maximum absolute atomic E-state index is 12.5. The van der Waals surface area contributed by atoms with Crippen LogP contribution in [0.4, 0.5) is 0 Å². The van der Waals surface area contributed by atoms with Crippen LogP contribution in [0.25, 0.3) is 16.9 Å². The van der Waals surface area contributed by atoms with Crippen molar-refractivity contribution < 1.29 is 0 Å². The summed E-state index contributed by atoms with van der Waals surface area (Å²) in [6.07, 6.45) is 8.58. The molecule has 5 heteroatoms. The maximum atomic E-state index is 12.5. The first-order valence-electron chi connectivity index (χ1n) is 8.45. The number of aromatic amines is 1. The molecule has 0 spiro atoms. The fraction of sp³-hybridized carbons (Fsp3) is 0.316. The Balaban J connectivity index is 1.79. The molecule has 2 aromatic heterocycles. The fourth-order valence-corrected chi connectivity index (χ4v) is 3.37. The number of nitrogens with one attached hydrogen (secondary N) is 1. The van der Waals surface area contributed by atoms with Crippen LogP contribution in [0.5, 0.6) is 0 Å². The van der Waals surface area contributed by atoms with Crippen molar-refractivity contribution in [1.29, 1.82) is 0 Å². The SMILES string of the molecule is CC(c1ccccc1)n1c(=O)[nH]c2nc(C3=CCCCC3)cnc21. The molecule has 1 aromatic carbocycles. The topological polar surface area (TPSA) is 63.6 Å². The van der Waals surface area contributed by atoms with Crippen LogP contribution in [0.2, 0.25) is 0 Å². The number of benzene rings is 1. The van der Waals surface area contributed by atoms with Crippen LogP contribution in [-0.4, -0.2) is 19.5 Å². The van der Waals surface area contributed by atoms with Crippen molar-refractivity contribution in [3.8, 4) is 0 Å². The number of nitrogens with zero attached hydrogens (tertiary/aromatic N) is 3. The molecule has 5 nitrogen and oxygen atoms in total. The molecule has 122 valence electrons. The van der Waals surface area contributed by atoms with Gasteiger partial charge in [-0.05, 0) is 43.7 Å². The van der Waals surface area contributed by atoms with Crippen molar-refractivity contribution in [2.75, 3.05) is 0 Å². The van der Waals surface area contributed by atoms with Gasteiger partial charge in [0, 0.05) is 0 Å². The Labute approximate surface area is 140 Å². The summed E-state index contributed by atoms with van der Waals surface area (Å²) in [4.78, 5) is 24.5. The molecule has 4 rings (SSSR count). The van der Waals surface area contributed by atoms with Crippen molar-refractivity contribution in [3.63, 3.8) is 0 Å². The van der Waals surface area contributed by atoms with Gasteiger partial charge in [-0.25, -0.2) is 14.8 Å². The Bertz CT molecular complexity index is 952. The standard InChI is InChI=1S/C19H20N4O/c1-13(14-8-4-2-5-9-14)23-18-17(22-19(23)24)21-16(12-20-18)15-10-6-3-7-11-15/h2,4-5,8-10,12-13H,3,6-7,11H2,1H3,(H,21,22,24). The van der Waals surface area contributed by atoms with Crippen molar-refractivity contribution in [2.45, 2.75) is 38.6 Å². The normalized spacial score (nSPS) is 16.1. The van der Waals surface area contributed by atoms with Gasteiger partial charge in [-0.3, -0.25) is 9.55 Å². The van der Waals surface area contributed by atoms with E-state index in [4.69, 9.17) is 0 Å². The number of aromatic nitrogens is 4. The van der Waals surface area contributed by atoms with Crippen molar-refractivity contribution in [3.05, 3.63) is 64.3 Å². The van der Waals surface area contributed by atoms with Crippen LogP contribution < -0.4 is 5.69 Å². The molecule has 0 fully saturated rings. The second-order valence-electron chi connectivity index (χ2n) is 6.29. The van der Waals surface area contributed by atoms with Crippen molar-refractivity contribution in [2.24, 2.45) is 0 Å². The second-order valence-corrected chi connectivity index (χ2v) is 6.29. The van der Waals surface area contributed by atoms with Gasteiger partial charge in [-0.2, -0.15) is 0 Å².